The molecule has 1 aliphatic rings. The van der Waals surface area contributed by atoms with Crippen molar-refractivity contribution in [2.45, 2.75) is 46.1 Å². The van der Waals surface area contributed by atoms with Gasteiger partial charge in [0.25, 0.3) is 0 Å². The Kier molecular flexibility index (Phi) is 4.70. The lowest BCUT2D eigenvalue weighted by atomic mass is 9.73. The van der Waals surface area contributed by atoms with E-state index in [-0.39, 0.29) is 6.04 Å². The molecule has 0 aromatic carbocycles. The van der Waals surface area contributed by atoms with Crippen LogP contribution in [0.5, 0.6) is 0 Å². The summed E-state index contributed by atoms with van der Waals surface area (Å²) in [6, 6.07) is 0.210. The quantitative estimate of drug-likeness (QED) is 0.643. The molecule has 1 aromatic rings. The van der Waals surface area contributed by atoms with E-state index >= 15 is 0 Å². The molecule has 0 radical (unpaired) electrons. The molecule has 4 heteroatoms. The summed E-state index contributed by atoms with van der Waals surface area (Å²) in [4.78, 5) is 1.21. The zero-order valence-electron chi connectivity index (χ0n) is 11.4. The van der Waals surface area contributed by atoms with E-state index in [9.17, 15) is 0 Å². The van der Waals surface area contributed by atoms with Gasteiger partial charge < -0.3 is 0 Å². The molecule has 1 heterocycles. The molecule has 3 unspecified atom stereocenters. The number of hydrogen-bond acceptors (Lipinski definition) is 3. The number of halogens is 1. The molecule has 3 N–H and O–H groups in total. The number of thiophene rings is 1. The molecule has 0 bridgehead atoms. The van der Waals surface area contributed by atoms with Gasteiger partial charge in [-0.05, 0) is 54.9 Å². The van der Waals surface area contributed by atoms with Gasteiger partial charge in [-0.1, -0.05) is 25.4 Å². The van der Waals surface area contributed by atoms with Crippen LogP contribution in [0.2, 0.25) is 5.02 Å². The molecule has 0 amide bonds. The average Bonchev–Trinajstić information content (AvgIpc) is 2.61. The molecule has 0 aliphatic heterocycles. The van der Waals surface area contributed by atoms with Gasteiger partial charge in [0.2, 0.25) is 0 Å². The van der Waals surface area contributed by atoms with Gasteiger partial charge in [0.05, 0.1) is 11.1 Å². The number of nitrogens with two attached hydrogens (primary N) is 1. The minimum Gasteiger partial charge on any atom is -0.271 e. The lowest BCUT2D eigenvalue weighted by Crippen LogP contribution is -2.36. The molecule has 3 atom stereocenters. The Morgan fingerprint density at radius 3 is 2.39 bits per heavy atom. The lowest BCUT2D eigenvalue weighted by molar-refractivity contribution is 0.178. The Morgan fingerprint density at radius 2 is 1.94 bits per heavy atom. The zero-order chi connectivity index (χ0) is 13.3. The highest BCUT2D eigenvalue weighted by Gasteiger charge is 2.32. The fraction of sp³-hybridized carbons (Fsp3) is 0.714. The molecule has 1 aliphatic carbocycles. The topological polar surface area (TPSA) is 38.0 Å². The SMILES string of the molecule is Cc1csc(C(NN)C2CC(C)CC(C)C2)c1Cl. The van der Waals surface area contributed by atoms with Crippen molar-refractivity contribution in [1.29, 1.82) is 0 Å². The summed E-state index contributed by atoms with van der Waals surface area (Å²) in [5, 5.41) is 3.02. The van der Waals surface area contributed by atoms with Crippen molar-refractivity contribution >= 4 is 22.9 Å². The Balaban J connectivity index is 2.20. The third kappa shape index (κ3) is 2.90. The van der Waals surface area contributed by atoms with Crippen LogP contribution in [0, 0.1) is 24.7 Å². The highest BCUT2D eigenvalue weighted by molar-refractivity contribution is 7.10. The highest BCUT2D eigenvalue weighted by atomic mass is 35.5. The van der Waals surface area contributed by atoms with Crippen LogP contribution in [0.25, 0.3) is 0 Å². The maximum absolute atomic E-state index is 6.39. The van der Waals surface area contributed by atoms with Crippen LogP contribution in [-0.4, -0.2) is 0 Å². The first-order valence-electron chi connectivity index (χ1n) is 6.72. The summed E-state index contributed by atoms with van der Waals surface area (Å²) in [6.07, 6.45) is 3.82. The van der Waals surface area contributed by atoms with Crippen LogP contribution in [0.15, 0.2) is 5.38 Å². The Labute approximate surface area is 119 Å². The first-order valence-corrected chi connectivity index (χ1v) is 7.98. The van der Waals surface area contributed by atoms with Crippen LogP contribution in [0.1, 0.15) is 49.6 Å². The number of aryl methyl sites for hydroxylation is 1. The van der Waals surface area contributed by atoms with Crippen molar-refractivity contribution in [2.24, 2.45) is 23.6 Å². The van der Waals surface area contributed by atoms with Crippen molar-refractivity contribution in [1.82, 2.24) is 5.43 Å². The second-order valence-electron chi connectivity index (χ2n) is 5.92. The third-order valence-electron chi connectivity index (χ3n) is 4.07. The fourth-order valence-corrected chi connectivity index (χ4v) is 4.83. The zero-order valence-corrected chi connectivity index (χ0v) is 12.9. The first kappa shape index (κ1) is 14.3. The average molecular weight is 287 g/mol. The molecule has 1 aromatic heterocycles. The summed E-state index contributed by atoms with van der Waals surface area (Å²) in [7, 11) is 0. The van der Waals surface area contributed by atoms with E-state index in [1.807, 2.05) is 0 Å². The van der Waals surface area contributed by atoms with E-state index in [0.717, 1.165) is 22.4 Å². The van der Waals surface area contributed by atoms with Crippen molar-refractivity contribution in [3.8, 4) is 0 Å². The minimum absolute atomic E-state index is 0.210. The van der Waals surface area contributed by atoms with Gasteiger partial charge in [0.1, 0.15) is 0 Å². The maximum atomic E-state index is 6.39. The molecule has 102 valence electrons. The van der Waals surface area contributed by atoms with E-state index in [1.165, 1.54) is 24.1 Å². The van der Waals surface area contributed by atoms with Gasteiger partial charge >= 0.3 is 0 Å². The van der Waals surface area contributed by atoms with Crippen LogP contribution in [0.4, 0.5) is 0 Å². The smallest absolute Gasteiger partial charge is 0.0596 e. The van der Waals surface area contributed by atoms with Crippen molar-refractivity contribution < 1.29 is 0 Å². The van der Waals surface area contributed by atoms with E-state index < -0.39 is 0 Å². The summed E-state index contributed by atoms with van der Waals surface area (Å²) in [5.74, 6) is 7.98. The number of nitrogens with one attached hydrogen (secondary N) is 1. The molecule has 1 saturated carbocycles. The Morgan fingerprint density at radius 1 is 1.33 bits per heavy atom. The molecule has 2 nitrogen and oxygen atoms in total. The number of hydrazine groups is 1. The molecule has 1 fully saturated rings. The van der Waals surface area contributed by atoms with Gasteiger partial charge in [0, 0.05) is 4.88 Å². The lowest BCUT2D eigenvalue weighted by Gasteiger charge is -2.36. The number of hydrogen-bond donors (Lipinski definition) is 2. The summed E-state index contributed by atoms with van der Waals surface area (Å²) in [6.45, 7) is 6.75. The van der Waals surface area contributed by atoms with Gasteiger partial charge in [-0.15, -0.1) is 11.3 Å². The van der Waals surface area contributed by atoms with E-state index in [4.69, 9.17) is 17.4 Å². The van der Waals surface area contributed by atoms with Crippen LogP contribution in [-0.2, 0) is 0 Å². The predicted octanol–water partition coefficient (Wildman–Crippen LogP) is 4.29. The monoisotopic (exact) mass is 286 g/mol. The van der Waals surface area contributed by atoms with Gasteiger partial charge in [-0.2, -0.15) is 0 Å². The summed E-state index contributed by atoms with van der Waals surface area (Å²) in [5.41, 5.74) is 4.17. The standard InChI is InChI=1S/C14H23ClN2S/c1-8-4-9(2)6-11(5-8)13(17-16)14-12(15)10(3)7-18-14/h7-9,11,13,17H,4-6,16H2,1-3H3. The second kappa shape index (κ2) is 5.91. The second-order valence-corrected chi connectivity index (χ2v) is 7.21. The number of rotatable bonds is 3. The van der Waals surface area contributed by atoms with Gasteiger partial charge in [-0.25, -0.2) is 0 Å². The summed E-state index contributed by atoms with van der Waals surface area (Å²) >= 11 is 8.12. The minimum atomic E-state index is 0.210. The van der Waals surface area contributed by atoms with E-state index in [2.05, 4.69) is 31.6 Å². The van der Waals surface area contributed by atoms with Crippen LogP contribution >= 0.6 is 22.9 Å². The van der Waals surface area contributed by atoms with Crippen LogP contribution < -0.4 is 11.3 Å². The Bertz CT molecular complexity index is 394. The molecule has 18 heavy (non-hydrogen) atoms. The highest BCUT2D eigenvalue weighted by Crippen LogP contribution is 2.43. The molecule has 0 saturated heterocycles. The van der Waals surface area contributed by atoms with Crippen molar-refractivity contribution in [2.75, 3.05) is 0 Å². The van der Waals surface area contributed by atoms with E-state index in [0.29, 0.717) is 5.92 Å². The van der Waals surface area contributed by atoms with E-state index in [1.54, 1.807) is 11.3 Å². The first-order chi connectivity index (χ1) is 8.52. The van der Waals surface area contributed by atoms with Crippen LogP contribution in [0.3, 0.4) is 0 Å². The molecular weight excluding hydrogens is 264 g/mol. The normalized spacial score (nSPS) is 30.4. The fourth-order valence-electron chi connectivity index (χ4n) is 3.37. The largest absolute Gasteiger partial charge is 0.271 e. The Hall–Kier alpha value is -0.0900. The summed E-state index contributed by atoms with van der Waals surface area (Å²) < 4.78 is 0. The van der Waals surface area contributed by atoms with Gasteiger partial charge in [0.15, 0.2) is 0 Å². The molecule has 2 rings (SSSR count). The predicted molar refractivity (Wildman–Crippen MR) is 79.8 cm³/mol. The van der Waals surface area contributed by atoms with Crippen molar-refractivity contribution in [3.05, 3.63) is 20.8 Å². The third-order valence-corrected chi connectivity index (χ3v) is 5.87. The van der Waals surface area contributed by atoms with Gasteiger partial charge in [-0.3, -0.25) is 11.3 Å². The van der Waals surface area contributed by atoms with Crippen molar-refractivity contribution in [3.63, 3.8) is 0 Å². The maximum Gasteiger partial charge on any atom is 0.0596 e. The molecular formula is C14H23ClN2S. The molecule has 0 spiro atoms.